The van der Waals surface area contributed by atoms with Gasteiger partial charge in [-0.25, -0.2) is 0 Å². The van der Waals surface area contributed by atoms with E-state index in [2.05, 4.69) is 27.0 Å². The van der Waals surface area contributed by atoms with Crippen LogP contribution in [0.5, 0.6) is 0 Å². The second-order valence-corrected chi connectivity index (χ2v) is 1.80. The molecule has 0 spiro atoms. The quantitative estimate of drug-likeness (QED) is 0.570. The molecule has 6 heavy (non-hydrogen) atoms. The van der Waals surface area contributed by atoms with E-state index < -0.39 is 0 Å². The summed E-state index contributed by atoms with van der Waals surface area (Å²) in [5, 5.41) is 0. The van der Waals surface area contributed by atoms with E-state index in [1.807, 2.05) is 6.07 Å². The highest BCUT2D eigenvalue weighted by Crippen LogP contribution is 2.00. The van der Waals surface area contributed by atoms with Crippen molar-refractivity contribution in [3.8, 4) is 0 Å². The van der Waals surface area contributed by atoms with Gasteiger partial charge in [0.2, 0.25) is 0 Å². The summed E-state index contributed by atoms with van der Waals surface area (Å²) in [7, 11) is 0. The fourth-order valence-corrected chi connectivity index (χ4v) is 0.514. The Morgan fingerprint density at radius 2 is 2.67 bits per heavy atom. The molecule has 0 aliphatic heterocycles. The summed E-state index contributed by atoms with van der Waals surface area (Å²) in [4.78, 5) is 2.86. The number of aromatic amines is 1. The van der Waals surface area contributed by atoms with Gasteiger partial charge in [-0.1, -0.05) is 0 Å². The van der Waals surface area contributed by atoms with Gasteiger partial charge in [0.25, 0.3) is 0 Å². The average Bonchev–Trinajstić information content (AvgIpc) is 1.86. The molecule has 1 radical (unpaired) electrons. The smallest absolute Gasteiger partial charge is 0.0826 e. The average molecular weight is 145 g/mol. The fraction of sp³-hybridized carbons (Fsp3) is 0. The first-order valence-electron chi connectivity index (χ1n) is 1.59. The maximum atomic E-state index is 3.19. The summed E-state index contributed by atoms with van der Waals surface area (Å²) in [6, 6.07) is 4.65. The van der Waals surface area contributed by atoms with Crippen molar-refractivity contribution >= 4 is 15.9 Å². The SMILES string of the molecule is Brc1c[c]c[nH]1. The highest BCUT2D eigenvalue weighted by atomic mass is 79.9. The minimum absolute atomic E-state index is 0.975. The highest BCUT2D eigenvalue weighted by Gasteiger charge is 1.75. The van der Waals surface area contributed by atoms with Gasteiger partial charge in [0.1, 0.15) is 0 Å². The van der Waals surface area contributed by atoms with Crippen molar-refractivity contribution in [2.24, 2.45) is 0 Å². The van der Waals surface area contributed by atoms with Crippen molar-refractivity contribution in [1.29, 1.82) is 0 Å². The molecule has 1 heterocycles. The molecular formula is C4H3BrN. The minimum atomic E-state index is 0.975. The number of rotatable bonds is 0. The van der Waals surface area contributed by atoms with Gasteiger partial charge in [-0.3, -0.25) is 0 Å². The second kappa shape index (κ2) is 1.47. The van der Waals surface area contributed by atoms with E-state index in [9.17, 15) is 0 Å². The van der Waals surface area contributed by atoms with Gasteiger partial charge < -0.3 is 4.98 Å². The van der Waals surface area contributed by atoms with E-state index >= 15 is 0 Å². The molecule has 1 rings (SSSR count). The Bertz CT molecular complexity index is 111. The van der Waals surface area contributed by atoms with Crippen LogP contribution in [0.1, 0.15) is 0 Å². The van der Waals surface area contributed by atoms with Crippen LogP contribution in [0.4, 0.5) is 0 Å². The van der Waals surface area contributed by atoms with Gasteiger partial charge in [0.15, 0.2) is 0 Å². The molecule has 1 nitrogen and oxygen atoms in total. The molecule has 0 amide bonds. The Hall–Kier alpha value is -0.240. The molecule has 1 aromatic rings. The molecular weight excluding hydrogens is 142 g/mol. The van der Waals surface area contributed by atoms with E-state index in [-0.39, 0.29) is 0 Å². The molecule has 0 fully saturated rings. The topological polar surface area (TPSA) is 15.8 Å². The minimum Gasteiger partial charge on any atom is -0.355 e. The van der Waals surface area contributed by atoms with Crippen LogP contribution in [0, 0.1) is 6.07 Å². The highest BCUT2D eigenvalue weighted by molar-refractivity contribution is 9.10. The number of halogens is 1. The predicted molar refractivity (Wildman–Crippen MR) is 27.3 cm³/mol. The van der Waals surface area contributed by atoms with E-state index in [0.717, 1.165) is 4.60 Å². The first-order valence-corrected chi connectivity index (χ1v) is 2.39. The predicted octanol–water partition coefficient (Wildman–Crippen LogP) is 1.58. The zero-order valence-electron chi connectivity index (χ0n) is 3.03. The Morgan fingerprint density at radius 1 is 1.83 bits per heavy atom. The van der Waals surface area contributed by atoms with Crippen molar-refractivity contribution in [1.82, 2.24) is 4.98 Å². The summed E-state index contributed by atoms with van der Waals surface area (Å²) in [6.45, 7) is 0. The van der Waals surface area contributed by atoms with Crippen LogP contribution in [0.3, 0.4) is 0 Å². The Kier molecular flexibility index (Phi) is 0.965. The monoisotopic (exact) mass is 144 g/mol. The van der Waals surface area contributed by atoms with E-state index in [4.69, 9.17) is 0 Å². The maximum Gasteiger partial charge on any atom is 0.0826 e. The molecule has 0 unspecified atom stereocenters. The summed E-state index contributed by atoms with van der Waals surface area (Å²) in [5.74, 6) is 0. The zero-order chi connectivity index (χ0) is 4.41. The van der Waals surface area contributed by atoms with Crippen molar-refractivity contribution in [2.75, 3.05) is 0 Å². The Balaban J connectivity index is 3.05. The van der Waals surface area contributed by atoms with Crippen molar-refractivity contribution < 1.29 is 0 Å². The van der Waals surface area contributed by atoms with E-state index in [1.54, 1.807) is 6.20 Å². The maximum absolute atomic E-state index is 3.19. The van der Waals surface area contributed by atoms with Gasteiger partial charge in [0.05, 0.1) is 4.60 Å². The second-order valence-electron chi connectivity index (χ2n) is 0.948. The lowest BCUT2D eigenvalue weighted by Crippen LogP contribution is -1.50. The molecule has 0 saturated heterocycles. The summed E-state index contributed by atoms with van der Waals surface area (Å²) < 4.78 is 0.975. The Morgan fingerprint density at radius 3 is 2.83 bits per heavy atom. The van der Waals surface area contributed by atoms with E-state index in [1.165, 1.54) is 0 Å². The van der Waals surface area contributed by atoms with Crippen LogP contribution in [0.2, 0.25) is 0 Å². The molecule has 1 aromatic heterocycles. The fourth-order valence-electron chi connectivity index (χ4n) is 0.267. The Labute approximate surface area is 44.5 Å². The van der Waals surface area contributed by atoms with Gasteiger partial charge in [0, 0.05) is 12.3 Å². The van der Waals surface area contributed by atoms with Gasteiger partial charge in [-0.2, -0.15) is 0 Å². The summed E-state index contributed by atoms with van der Waals surface area (Å²) >= 11 is 3.19. The van der Waals surface area contributed by atoms with Crippen LogP contribution in [-0.4, -0.2) is 4.98 Å². The van der Waals surface area contributed by atoms with Gasteiger partial charge >= 0.3 is 0 Å². The molecule has 1 N–H and O–H groups in total. The third kappa shape index (κ3) is 0.627. The lowest BCUT2D eigenvalue weighted by atomic mass is 10.7. The zero-order valence-corrected chi connectivity index (χ0v) is 4.62. The lowest BCUT2D eigenvalue weighted by Gasteiger charge is -1.67. The van der Waals surface area contributed by atoms with E-state index in [0.29, 0.717) is 0 Å². The summed E-state index contributed by atoms with van der Waals surface area (Å²) in [6.07, 6.45) is 1.74. The molecule has 0 bridgehead atoms. The largest absolute Gasteiger partial charge is 0.355 e. The van der Waals surface area contributed by atoms with Crippen molar-refractivity contribution in [2.45, 2.75) is 0 Å². The van der Waals surface area contributed by atoms with Crippen LogP contribution >= 0.6 is 15.9 Å². The number of aromatic nitrogens is 1. The van der Waals surface area contributed by atoms with Crippen LogP contribution in [0.25, 0.3) is 0 Å². The van der Waals surface area contributed by atoms with Crippen LogP contribution in [-0.2, 0) is 0 Å². The van der Waals surface area contributed by atoms with Gasteiger partial charge in [-0.05, 0) is 22.0 Å². The number of hydrogen-bond acceptors (Lipinski definition) is 0. The molecule has 0 aliphatic rings. The summed E-state index contributed by atoms with van der Waals surface area (Å²) in [5.41, 5.74) is 0. The molecule has 2 heteroatoms. The van der Waals surface area contributed by atoms with Crippen LogP contribution < -0.4 is 0 Å². The standard InChI is InChI=1S/C4H3BrN/c5-4-2-1-3-6-4/h2-3,6H. The molecule has 0 aromatic carbocycles. The van der Waals surface area contributed by atoms with Crippen molar-refractivity contribution in [3.63, 3.8) is 0 Å². The molecule has 31 valence electrons. The number of hydrogen-bond donors (Lipinski definition) is 1. The lowest BCUT2D eigenvalue weighted by molar-refractivity contribution is 1.36. The first kappa shape index (κ1) is 3.93. The normalized spacial score (nSPS) is 8.83. The third-order valence-corrected chi connectivity index (χ3v) is 0.961. The first-order chi connectivity index (χ1) is 2.89. The van der Waals surface area contributed by atoms with Crippen LogP contribution in [0.15, 0.2) is 16.9 Å². The molecule has 0 atom stereocenters. The third-order valence-electron chi connectivity index (χ3n) is 0.503. The van der Waals surface area contributed by atoms with Gasteiger partial charge in [-0.15, -0.1) is 0 Å². The number of H-pyrrole nitrogens is 1. The number of nitrogens with one attached hydrogen (secondary N) is 1. The molecule has 0 saturated carbocycles. The molecule has 0 aliphatic carbocycles. The van der Waals surface area contributed by atoms with Crippen molar-refractivity contribution in [3.05, 3.63) is 22.9 Å².